The van der Waals surface area contributed by atoms with Crippen LogP contribution < -0.4 is 0 Å². The van der Waals surface area contributed by atoms with Crippen LogP contribution in [-0.2, 0) is 6.54 Å². The third-order valence-corrected chi connectivity index (χ3v) is 3.49. The number of aromatic nitrogens is 2. The van der Waals surface area contributed by atoms with Crippen molar-refractivity contribution >= 4 is 22.6 Å². The smallest absolute Gasteiger partial charge is 0.127 e. The summed E-state index contributed by atoms with van der Waals surface area (Å²) in [6, 6.07) is 4.38. The molecule has 2 rings (SSSR count). The molecule has 1 atom stereocenters. The van der Waals surface area contributed by atoms with Crippen LogP contribution in [0.4, 0.5) is 0 Å². The van der Waals surface area contributed by atoms with Gasteiger partial charge in [-0.2, -0.15) is 0 Å². The molecule has 98 valence electrons. The number of alkyl halides is 1. The first-order valence-corrected chi connectivity index (χ1v) is 6.95. The van der Waals surface area contributed by atoms with E-state index in [4.69, 9.17) is 16.6 Å². The second-order valence-corrected chi connectivity index (χ2v) is 6.17. The first-order chi connectivity index (χ1) is 8.40. The van der Waals surface area contributed by atoms with Crippen molar-refractivity contribution in [3.05, 3.63) is 29.1 Å². The molecule has 3 heteroatoms. The third kappa shape index (κ3) is 2.39. The quantitative estimate of drug-likeness (QED) is 0.741. The van der Waals surface area contributed by atoms with Gasteiger partial charge < -0.3 is 4.57 Å². The van der Waals surface area contributed by atoms with E-state index >= 15 is 0 Å². The molecule has 0 aliphatic carbocycles. The third-order valence-electron chi connectivity index (χ3n) is 3.30. The van der Waals surface area contributed by atoms with E-state index in [0.717, 1.165) is 17.9 Å². The molecule has 0 aliphatic rings. The van der Waals surface area contributed by atoms with Gasteiger partial charge in [-0.1, -0.05) is 13.8 Å². The fraction of sp³-hybridized carbons (Fsp3) is 0.533. The number of hydrogen-bond acceptors (Lipinski definition) is 1. The first-order valence-electron chi connectivity index (χ1n) is 6.51. The Morgan fingerprint density at radius 2 is 1.78 bits per heavy atom. The lowest BCUT2D eigenvalue weighted by atomic mass is 10.1. The highest BCUT2D eigenvalue weighted by molar-refractivity contribution is 6.20. The van der Waals surface area contributed by atoms with Gasteiger partial charge >= 0.3 is 0 Å². The van der Waals surface area contributed by atoms with E-state index in [0.29, 0.717) is 5.92 Å². The average Bonchev–Trinajstić information content (AvgIpc) is 2.57. The molecule has 0 saturated heterocycles. The van der Waals surface area contributed by atoms with Crippen molar-refractivity contribution in [1.82, 2.24) is 9.55 Å². The number of aryl methyl sites for hydroxylation is 2. The summed E-state index contributed by atoms with van der Waals surface area (Å²) < 4.78 is 2.27. The van der Waals surface area contributed by atoms with Crippen molar-refractivity contribution in [3.8, 4) is 0 Å². The minimum absolute atomic E-state index is 0.0586. The second kappa shape index (κ2) is 4.93. The Labute approximate surface area is 114 Å². The predicted molar refractivity (Wildman–Crippen MR) is 78.3 cm³/mol. The molecule has 0 fully saturated rings. The number of fused-ring (bicyclic) bond motifs is 1. The molecule has 2 nitrogen and oxygen atoms in total. The molecule has 0 amide bonds. The summed E-state index contributed by atoms with van der Waals surface area (Å²) in [5.74, 6) is 1.56. The van der Waals surface area contributed by atoms with Gasteiger partial charge in [-0.25, -0.2) is 4.98 Å². The minimum atomic E-state index is -0.0586. The molecule has 2 aromatic rings. The molecule has 18 heavy (non-hydrogen) atoms. The maximum atomic E-state index is 6.26. The van der Waals surface area contributed by atoms with Gasteiger partial charge in [-0.05, 0) is 49.9 Å². The molecular weight excluding hydrogens is 244 g/mol. The van der Waals surface area contributed by atoms with Gasteiger partial charge in [0.05, 0.1) is 16.4 Å². The largest absolute Gasteiger partial charge is 0.326 e. The fourth-order valence-electron chi connectivity index (χ4n) is 2.26. The van der Waals surface area contributed by atoms with Crippen LogP contribution >= 0.6 is 11.6 Å². The monoisotopic (exact) mass is 264 g/mol. The van der Waals surface area contributed by atoms with Crippen LogP contribution in [0, 0.1) is 19.8 Å². The van der Waals surface area contributed by atoms with Crippen molar-refractivity contribution in [2.75, 3.05) is 0 Å². The van der Waals surface area contributed by atoms with Gasteiger partial charge in [0.15, 0.2) is 0 Å². The summed E-state index contributed by atoms with van der Waals surface area (Å²) in [6.07, 6.45) is 0. The zero-order valence-corrected chi connectivity index (χ0v) is 12.5. The normalized spacial score (nSPS) is 13.5. The van der Waals surface area contributed by atoms with Gasteiger partial charge in [0.2, 0.25) is 0 Å². The average molecular weight is 265 g/mol. The Morgan fingerprint density at radius 1 is 1.17 bits per heavy atom. The van der Waals surface area contributed by atoms with Gasteiger partial charge in [0.1, 0.15) is 5.82 Å². The van der Waals surface area contributed by atoms with Gasteiger partial charge in [-0.3, -0.25) is 0 Å². The Morgan fingerprint density at radius 3 is 2.33 bits per heavy atom. The van der Waals surface area contributed by atoms with E-state index in [1.807, 2.05) is 6.92 Å². The van der Waals surface area contributed by atoms with Crippen molar-refractivity contribution in [1.29, 1.82) is 0 Å². The second-order valence-electron chi connectivity index (χ2n) is 5.52. The maximum absolute atomic E-state index is 6.26. The van der Waals surface area contributed by atoms with Crippen LogP contribution in [-0.4, -0.2) is 9.55 Å². The fourth-order valence-corrected chi connectivity index (χ4v) is 2.43. The molecule has 0 saturated carbocycles. The van der Waals surface area contributed by atoms with Gasteiger partial charge in [0.25, 0.3) is 0 Å². The molecule has 1 heterocycles. The van der Waals surface area contributed by atoms with Crippen LogP contribution in [0.3, 0.4) is 0 Å². The zero-order valence-electron chi connectivity index (χ0n) is 11.8. The molecule has 1 aromatic carbocycles. The summed E-state index contributed by atoms with van der Waals surface area (Å²) in [5, 5.41) is -0.0586. The van der Waals surface area contributed by atoms with Gasteiger partial charge in [0, 0.05) is 6.54 Å². The maximum Gasteiger partial charge on any atom is 0.127 e. The number of nitrogens with zero attached hydrogens (tertiary/aromatic N) is 2. The van der Waals surface area contributed by atoms with E-state index in [-0.39, 0.29) is 5.38 Å². The number of rotatable bonds is 3. The Hall–Kier alpha value is -1.02. The standard InChI is InChI=1S/C15H21ClN2/c1-9(2)8-18-14-7-11(4)10(3)6-13(14)17-15(18)12(5)16/h6-7,9,12H,8H2,1-5H3. The van der Waals surface area contributed by atoms with Crippen LogP contribution in [0.25, 0.3) is 11.0 Å². The molecule has 1 unspecified atom stereocenters. The SMILES string of the molecule is Cc1cc2nc(C(C)Cl)n(CC(C)C)c2cc1C. The van der Waals surface area contributed by atoms with Crippen molar-refractivity contribution < 1.29 is 0 Å². The van der Waals surface area contributed by atoms with Crippen molar-refractivity contribution in [2.24, 2.45) is 5.92 Å². The Bertz CT molecular complexity index is 567. The summed E-state index contributed by atoms with van der Waals surface area (Å²) in [4.78, 5) is 4.70. The van der Waals surface area contributed by atoms with Crippen molar-refractivity contribution in [2.45, 2.75) is 46.5 Å². The Kier molecular flexibility index (Phi) is 3.67. The molecular formula is C15H21ClN2. The summed E-state index contributed by atoms with van der Waals surface area (Å²) in [7, 11) is 0. The highest BCUT2D eigenvalue weighted by Crippen LogP contribution is 2.27. The molecule has 0 spiro atoms. The van der Waals surface area contributed by atoms with Gasteiger partial charge in [-0.15, -0.1) is 11.6 Å². The molecule has 0 aliphatic heterocycles. The highest BCUT2D eigenvalue weighted by atomic mass is 35.5. The van der Waals surface area contributed by atoms with Crippen molar-refractivity contribution in [3.63, 3.8) is 0 Å². The molecule has 0 radical (unpaired) electrons. The van der Waals surface area contributed by atoms with E-state index < -0.39 is 0 Å². The minimum Gasteiger partial charge on any atom is -0.326 e. The number of benzene rings is 1. The zero-order chi connectivity index (χ0) is 13.4. The lowest BCUT2D eigenvalue weighted by molar-refractivity contribution is 0.517. The van der Waals surface area contributed by atoms with E-state index in [1.54, 1.807) is 0 Å². The van der Waals surface area contributed by atoms with Crippen LogP contribution in [0.2, 0.25) is 0 Å². The van der Waals surface area contributed by atoms with Crippen LogP contribution in [0.15, 0.2) is 12.1 Å². The van der Waals surface area contributed by atoms with E-state index in [1.165, 1.54) is 16.6 Å². The predicted octanol–water partition coefficient (Wildman–Crippen LogP) is 4.61. The molecule has 1 aromatic heterocycles. The van der Waals surface area contributed by atoms with Crippen LogP contribution in [0.5, 0.6) is 0 Å². The first kappa shape index (κ1) is 13.4. The molecule has 0 bridgehead atoms. The number of halogens is 1. The topological polar surface area (TPSA) is 17.8 Å². The highest BCUT2D eigenvalue weighted by Gasteiger charge is 2.16. The summed E-state index contributed by atoms with van der Waals surface area (Å²) in [6.45, 7) is 11.7. The summed E-state index contributed by atoms with van der Waals surface area (Å²) in [5.41, 5.74) is 4.85. The van der Waals surface area contributed by atoms with E-state index in [2.05, 4.69) is 44.4 Å². The molecule has 0 N–H and O–H groups in total. The number of imidazole rings is 1. The summed E-state index contributed by atoms with van der Waals surface area (Å²) >= 11 is 6.26. The Balaban J connectivity index is 2.68. The lowest BCUT2D eigenvalue weighted by Crippen LogP contribution is -2.09. The lowest BCUT2D eigenvalue weighted by Gasteiger charge is -2.13. The number of hydrogen-bond donors (Lipinski definition) is 0. The van der Waals surface area contributed by atoms with E-state index in [9.17, 15) is 0 Å². The van der Waals surface area contributed by atoms with Crippen LogP contribution in [0.1, 0.15) is 43.1 Å².